The Morgan fingerprint density at radius 3 is 1.50 bits per heavy atom. The lowest BCUT2D eigenvalue weighted by molar-refractivity contribution is 0.156. The number of hydrogen-bond acceptors (Lipinski definition) is 3. The summed E-state index contributed by atoms with van der Waals surface area (Å²) in [6.45, 7) is 6.66. The van der Waals surface area contributed by atoms with Gasteiger partial charge in [-0.3, -0.25) is 0 Å². The summed E-state index contributed by atoms with van der Waals surface area (Å²) in [6, 6.07) is 0. The van der Waals surface area contributed by atoms with Crippen LogP contribution in [-0.2, 0) is 4.74 Å². The van der Waals surface area contributed by atoms with Crippen molar-refractivity contribution in [2.45, 2.75) is 33.1 Å². The molecule has 0 saturated carbocycles. The molecule has 0 aliphatic carbocycles. The molecule has 2 N–H and O–H groups in total. The molecule has 0 bridgehead atoms. The molecule has 1 aliphatic rings. The Bertz CT molecular complexity index is 94.3. The van der Waals surface area contributed by atoms with Gasteiger partial charge in [-0.15, -0.1) is 0 Å². The standard InChI is InChI=1S/C9H20O2.C2H4O/c1-3-8(6-10)5-9(4-2)7-11;1-2-3-1/h8-11H,3-7H2,1-2H3;1-2H2. The van der Waals surface area contributed by atoms with Crippen molar-refractivity contribution in [2.24, 2.45) is 11.8 Å². The van der Waals surface area contributed by atoms with Crippen LogP contribution in [0.2, 0.25) is 0 Å². The minimum atomic E-state index is 0.257. The topological polar surface area (TPSA) is 53.0 Å². The SMILES string of the molecule is C1CO1.CCC(CO)CC(CC)CO. The summed E-state index contributed by atoms with van der Waals surface area (Å²) in [5.41, 5.74) is 0. The van der Waals surface area contributed by atoms with Gasteiger partial charge in [-0.1, -0.05) is 26.7 Å². The van der Waals surface area contributed by atoms with Crippen LogP contribution in [0.4, 0.5) is 0 Å². The number of aliphatic hydroxyl groups is 2. The van der Waals surface area contributed by atoms with Gasteiger partial charge in [-0.05, 0) is 18.3 Å². The van der Waals surface area contributed by atoms with Crippen LogP contribution in [-0.4, -0.2) is 36.6 Å². The molecule has 0 aromatic heterocycles. The molecule has 0 aromatic rings. The summed E-state index contributed by atoms with van der Waals surface area (Å²) >= 11 is 0. The van der Waals surface area contributed by atoms with E-state index in [2.05, 4.69) is 18.6 Å². The van der Waals surface area contributed by atoms with E-state index in [4.69, 9.17) is 10.2 Å². The quantitative estimate of drug-likeness (QED) is 0.644. The third-order valence-electron chi connectivity index (χ3n) is 2.54. The number of aliphatic hydroxyl groups excluding tert-OH is 2. The van der Waals surface area contributed by atoms with Crippen molar-refractivity contribution in [1.82, 2.24) is 0 Å². The molecule has 1 aliphatic heterocycles. The highest BCUT2D eigenvalue weighted by molar-refractivity contribution is 4.62. The lowest BCUT2D eigenvalue weighted by atomic mass is 9.92. The predicted octanol–water partition coefficient (Wildman–Crippen LogP) is 1.43. The van der Waals surface area contributed by atoms with E-state index in [1.807, 2.05) is 0 Å². The summed E-state index contributed by atoms with van der Waals surface area (Å²) in [7, 11) is 0. The van der Waals surface area contributed by atoms with Crippen LogP contribution < -0.4 is 0 Å². The zero-order valence-electron chi connectivity index (χ0n) is 9.41. The van der Waals surface area contributed by atoms with Crippen molar-refractivity contribution in [3.05, 3.63) is 0 Å². The monoisotopic (exact) mass is 204 g/mol. The molecule has 3 nitrogen and oxygen atoms in total. The highest BCUT2D eigenvalue weighted by Crippen LogP contribution is 2.17. The van der Waals surface area contributed by atoms with Crippen LogP contribution in [0.1, 0.15) is 33.1 Å². The number of epoxide rings is 1. The van der Waals surface area contributed by atoms with Crippen molar-refractivity contribution in [2.75, 3.05) is 26.4 Å². The number of ether oxygens (including phenoxy) is 1. The van der Waals surface area contributed by atoms with E-state index in [9.17, 15) is 0 Å². The highest BCUT2D eigenvalue weighted by atomic mass is 16.6. The van der Waals surface area contributed by atoms with Crippen LogP contribution in [0.15, 0.2) is 0 Å². The van der Waals surface area contributed by atoms with Crippen LogP contribution in [0.3, 0.4) is 0 Å². The molecule has 3 heteroatoms. The largest absolute Gasteiger partial charge is 0.396 e. The summed E-state index contributed by atoms with van der Waals surface area (Å²) < 4.78 is 4.50. The van der Waals surface area contributed by atoms with Crippen molar-refractivity contribution in [3.63, 3.8) is 0 Å². The van der Waals surface area contributed by atoms with Gasteiger partial charge >= 0.3 is 0 Å². The Morgan fingerprint density at radius 2 is 1.36 bits per heavy atom. The van der Waals surface area contributed by atoms with Crippen LogP contribution in [0.5, 0.6) is 0 Å². The molecule has 14 heavy (non-hydrogen) atoms. The van der Waals surface area contributed by atoms with Gasteiger partial charge in [-0.25, -0.2) is 0 Å². The lowest BCUT2D eigenvalue weighted by Crippen LogP contribution is -2.14. The van der Waals surface area contributed by atoms with Gasteiger partial charge in [0.05, 0.1) is 13.2 Å². The summed E-state index contributed by atoms with van der Waals surface area (Å²) in [6.07, 6.45) is 2.97. The Hall–Kier alpha value is -0.120. The van der Waals surface area contributed by atoms with Crippen molar-refractivity contribution < 1.29 is 14.9 Å². The highest BCUT2D eigenvalue weighted by Gasteiger charge is 2.11. The Balaban J connectivity index is 0.000000469. The molecule has 1 fully saturated rings. The van der Waals surface area contributed by atoms with Crippen LogP contribution >= 0.6 is 0 Å². The summed E-state index contributed by atoms with van der Waals surface area (Å²) in [5.74, 6) is 0.763. The first kappa shape index (κ1) is 13.9. The summed E-state index contributed by atoms with van der Waals surface area (Å²) in [4.78, 5) is 0. The third-order valence-corrected chi connectivity index (χ3v) is 2.54. The lowest BCUT2D eigenvalue weighted by Gasteiger charge is -2.17. The van der Waals surface area contributed by atoms with Crippen molar-refractivity contribution >= 4 is 0 Å². The maximum absolute atomic E-state index is 8.88. The Morgan fingerprint density at radius 1 is 1.00 bits per heavy atom. The van der Waals surface area contributed by atoms with E-state index in [0.29, 0.717) is 11.8 Å². The average molecular weight is 204 g/mol. The fraction of sp³-hybridized carbons (Fsp3) is 1.00. The van der Waals surface area contributed by atoms with E-state index in [-0.39, 0.29) is 13.2 Å². The maximum Gasteiger partial charge on any atom is 0.0701 e. The second-order valence-electron chi connectivity index (χ2n) is 3.76. The number of rotatable bonds is 6. The first-order valence-corrected chi connectivity index (χ1v) is 5.57. The molecular formula is C11H24O3. The first-order valence-electron chi connectivity index (χ1n) is 5.57. The van der Waals surface area contributed by atoms with E-state index in [0.717, 1.165) is 32.5 Å². The van der Waals surface area contributed by atoms with Gasteiger partial charge in [0.25, 0.3) is 0 Å². The van der Waals surface area contributed by atoms with Gasteiger partial charge in [-0.2, -0.15) is 0 Å². The van der Waals surface area contributed by atoms with Crippen molar-refractivity contribution in [1.29, 1.82) is 0 Å². The third kappa shape index (κ3) is 8.48. The predicted molar refractivity (Wildman–Crippen MR) is 57.2 cm³/mol. The molecule has 2 atom stereocenters. The number of hydrogen-bond donors (Lipinski definition) is 2. The molecule has 1 rings (SSSR count). The van der Waals surface area contributed by atoms with Gasteiger partial charge in [0.15, 0.2) is 0 Å². The van der Waals surface area contributed by atoms with E-state index >= 15 is 0 Å². The van der Waals surface area contributed by atoms with E-state index < -0.39 is 0 Å². The molecular weight excluding hydrogens is 180 g/mol. The molecule has 1 heterocycles. The fourth-order valence-electron chi connectivity index (χ4n) is 1.21. The van der Waals surface area contributed by atoms with Gasteiger partial charge < -0.3 is 14.9 Å². The van der Waals surface area contributed by atoms with Crippen molar-refractivity contribution in [3.8, 4) is 0 Å². The fourth-order valence-corrected chi connectivity index (χ4v) is 1.21. The maximum atomic E-state index is 8.88. The molecule has 0 radical (unpaired) electrons. The van der Waals surface area contributed by atoms with Gasteiger partial charge in [0, 0.05) is 13.2 Å². The van der Waals surface area contributed by atoms with E-state index in [1.54, 1.807) is 0 Å². The first-order chi connectivity index (χ1) is 6.78. The average Bonchev–Trinajstić information content (AvgIpc) is 3.07. The smallest absolute Gasteiger partial charge is 0.0701 e. The molecule has 0 spiro atoms. The molecule has 86 valence electrons. The van der Waals surface area contributed by atoms with Gasteiger partial charge in [0.2, 0.25) is 0 Å². The Labute approximate surface area is 87.1 Å². The zero-order chi connectivity index (χ0) is 10.8. The Kier molecular flexibility index (Phi) is 9.35. The summed E-state index contributed by atoms with van der Waals surface area (Å²) in [5, 5.41) is 17.8. The molecule has 0 amide bonds. The van der Waals surface area contributed by atoms with Crippen LogP contribution in [0, 0.1) is 11.8 Å². The molecule has 1 saturated heterocycles. The molecule has 0 aromatic carbocycles. The minimum absolute atomic E-state index is 0.257. The molecule has 2 unspecified atom stereocenters. The second kappa shape index (κ2) is 9.44. The minimum Gasteiger partial charge on any atom is -0.396 e. The zero-order valence-corrected chi connectivity index (χ0v) is 9.41. The van der Waals surface area contributed by atoms with Gasteiger partial charge in [0.1, 0.15) is 0 Å². The normalized spacial score (nSPS) is 18.0. The second-order valence-corrected chi connectivity index (χ2v) is 3.76. The van der Waals surface area contributed by atoms with Crippen LogP contribution in [0.25, 0.3) is 0 Å². The van der Waals surface area contributed by atoms with E-state index in [1.165, 1.54) is 0 Å².